The highest BCUT2D eigenvalue weighted by Gasteiger charge is 2.57. The molecule has 6 rings (SSSR count). The van der Waals surface area contributed by atoms with Crippen LogP contribution in [-0.4, -0.2) is 53.6 Å². The van der Waals surface area contributed by atoms with Crippen molar-refractivity contribution in [3.05, 3.63) is 57.1 Å². The van der Waals surface area contributed by atoms with Crippen LogP contribution in [0.15, 0.2) is 51.6 Å². The first-order chi connectivity index (χ1) is 19.7. The van der Waals surface area contributed by atoms with Crippen LogP contribution < -0.4 is 9.47 Å². The SMILES string of the molecule is COc1cc(C=CC2C3=CCC4C(=O)N(C5CCCCC5)C(=O)C4C3CC3=C2C(=O)C=C(Br)C3=O)cc(OC)c1O. The van der Waals surface area contributed by atoms with Gasteiger partial charge in [-0.25, -0.2) is 0 Å². The fraction of sp³-hybridized carbons (Fsp3) is 0.438. The number of methoxy groups -OCH3 is 2. The predicted octanol–water partition coefficient (Wildman–Crippen LogP) is 5.05. The van der Waals surface area contributed by atoms with Gasteiger partial charge in [-0.15, -0.1) is 0 Å². The molecule has 4 atom stereocenters. The Bertz CT molecular complexity index is 1450. The van der Waals surface area contributed by atoms with Gasteiger partial charge in [-0.1, -0.05) is 43.1 Å². The van der Waals surface area contributed by atoms with Gasteiger partial charge in [0, 0.05) is 29.2 Å². The van der Waals surface area contributed by atoms with E-state index in [9.17, 15) is 24.3 Å². The highest BCUT2D eigenvalue weighted by atomic mass is 79.9. The number of halogens is 1. The summed E-state index contributed by atoms with van der Waals surface area (Å²) in [5.41, 5.74) is 2.38. The van der Waals surface area contributed by atoms with Crippen LogP contribution in [0.25, 0.3) is 6.08 Å². The third-order valence-electron chi connectivity index (χ3n) is 9.34. The third-order valence-corrected chi connectivity index (χ3v) is 9.93. The van der Waals surface area contributed by atoms with Gasteiger partial charge in [0.05, 0.1) is 30.5 Å². The lowest BCUT2D eigenvalue weighted by Crippen LogP contribution is -2.43. The number of imide groups is 1. The molecule has 1 saturated heterocycles. The van der Waals surface area contributed by atoms with Crippen molar-refractivity contribution >= 4 is 45.4 Å². The molecule has 214 valence electrons. The summed E-state index contributed by atoms with van der Waals surface area (Å²) in [6.07, 6.45) is 12.5. The number of aromatic hydroxyl groups is 1. The van der Waals surface area contributed by atoms with E-state index in [1.807, 2.05) is 12.2 Å². The first kappa shape index (κ1) is 27.7. The molecule has 4 aliphatic carbocycles. The maximum atomic E-state index is 14.0. The number of benzene rings is 1. The summed E-state index contributed by atoms with van der Waals surface area (Å²) < 4.78 is 10.8. The Morgan fingerprint density at radius 2 is 1.66 bits per heavy atom. The summed E-state index contributed by atoms with van der Waals surface area (Å²) in [7, 11) is 2.89. The van der Waals surface area contributed by atoms with Crippen molar-refractivity contribution in [3.63, 3.8) is 0 Å². The Morgan fingerprint density at radius 1 is 0.976 bits per heavy atom. The molecular formula is C32H32BrNO7. The molecule has 2 amide bonds. The van der Waals surface area contributed by atoms with Crippen LogP contribution >= 0.6 is 15.9 Å². The van der Waals surface area contributed by atoms with Crippen LogP contribution in [0.4, 0.5) is 0 Å². The fourth-order valence-corrected chi connectivity index (χ4v) is 7.87. The Balaban J connectivity index is 1.41. The number of fused-ring (bicyclic) bond motifs is 3. The monoisotopic (exact) mass is 621 g/mol. The number of Topliss-reactive ketones (excluding diaryl/α,β-unsaturated/α-hetero) is 1. The number of phenols is 1. The molecule has 5 aliphatic rings. The molecule has 4 unspecified atom stereocenters. The molecule has 0 aromatic heterocycles. The zero-order chi connectivity index (χ0) is 29.0. The zero-order valence-electron chi connectivity index (χ0n) is 23.0. The van der Waals surface area contributed by atoms with Gasteiger partial charge in [0.1, 0.15) is 0 Å². The second-order valence-corrected chi connectivity index (χ2v) is 12.3. The second-order valence-electron chi connectivity index (χ2n) is 11.4. The molecule has 41 heavy (non-hydrogen) atoms. The highest BCUT2D eigenvalue weighted by Crippen LogP contribution is 2.53. The summed E-state index contributed by atoms with van der Waals surface area (Å²) in [5, 5.41) is 10.3. The van der Waals surface area contributed by atoms with E-state index < -0.39 is 17.8 Å². The van der Waals surface area contributed by atoms with Gasteiger partial charge in [0.15, 0.2) is 23.1 Å². The van der Waals surface area contributed by atoms with Crippen LogP contribution in [0.3, 0.4) is 0 Å². The average Bonchev–Trinajstić information content (AvgIpc) is 3.24. The summed E-state index contributed by atoms with van der Waals surface area (Å²) in [5.74, 6) is -2.27. The van der Waals surface area contributed by atoms with Gasteiger partial charge in [0.2, 0.25) is 17.6 Å². The van der Waals surface area contributed by atoms with Crippen molar-refractivity contribution in [3.8, 4) is 17.2 Å². The number of likely N-dealkylation sites (tertiary alicyclic amines) is 1. The lowest BCUT2D eigenvalue weighted by atomic mass is 9.61. The smallest absolute Gasteiger partial charge is 0.233 e. The van der Waals surface area contributed by atoms with E-state index >= 15 is 0 Å². The first-order valence-corrected chi connectivity index (χ1v) is 14.9. The van der Waals surface area contributed by atoms with Crippen molar-refractivity contribution in [1.82, 2.24) is 4.90 Å². The molecule has 0 bridgehead atoms. The van der Waals surface area contributed by atoms with Gasteiger partial charge >= 0.3 is 0 Å². The summed E-state index contributed by atoms with van der Waals surface area (Å²) in [6.45, 7) is 0. The lowest BCUT2D eigenvalue weighted by molar-refractivity contribution is -0.143. The van der Waals surface area contributed by atoms with Crippen molar-refractivity contribution in [1.29, 1.82) is 0 Å². The number of phenolic OH excluding ortho intramolecular Hbond substituents is 1. The van der Waals surface area contributed by atoms with Gasteiger partial charge in [-0.2, -0.15) is 0 Å². The number of amides is 2. The Morgan fingerprint density at radius 3 is 2.32 bits per heavy atom. The Kier molecular flexibility index (Phi) is 7.26. The van der Waals surface area contributed by atoms with E-state index in [4.69, 9.17) is 9.47 Å². The zero-order valence-corrected chi connectivity index (χ0v) is 24.6. The number of hydrogen-bond donors (Lipinski definition) is 1. The molecular weight excluding hydrogens is 590 g/mol. The summed E-state index contributed by atoms with van der Waals surface area (Å²) >= 11 is 3.26. The number of allylic oxidation sites excluding steroid dienone is 7. The molecule has 2 fully saturated rings. The topological polar surface area (TPSA) is 110 Å². The van der Waals surface area contributed by atoms with E-state index in [0.29, 0.717) is 23.1 Å². The van der Waals surface area contributed by atoms with Crippen LogP contribution in [0, 0.1) is 23.7 Å². The average molecular weight is 623 g/mol. The van der Waals surface area contributed by atoms with E-state index in [1.165, 1.54) is 20.3 Å². The highest BCUT2D eigenvalue weighted by molar-refractivity contribution is 9.12. The molecule has 0 spiro atoms. The van der Waals surface area contributed by atoms with E-state index in [2.05, 4.69) is 15.9 Å². The molecule has 1 aromatic rings. The van der Waals surface area contributed by atoms with Crippen LogP contribution in [0.5, 0.6) is 17.2 Å². The van der Waals surface area contributed by atoms with Gasteiger partial charge < -0.3 is 14.6 Å². The Hall–Kier alpha value is -3.46. The first-order valence-electron chi connectivity index (χ1n) is 14.1. The predicted molar refractivity (Wildman–Crippen MR) is 154 cm³/mol. The number of ether oxygens (including phenoxy) is 2. The lowest BCUT2D eigenvalue weighted by Gasteiger charge is -2.41. The third kappa shape index (κ3) is 4.49. The Labute approximate surface area is 246 Å². The van der Waals surface area contributed by atoms with Crippen LogP contribution in [-0.2, 0) is 19.2 Å². The van der Waals surface area contributed by atoms with Crippen molar-refractivity contribution in [2.24, 2.45) is 23.7 Å². The molecule has 1 heterocycles. The maximum Gasteiger partial charge on any atom is 0.233 e. The van der Waals surface area contributed by atoms with Crippen LogP contribution in [0.2, 0.25) is 0 Å². The molecule has 0 radical (unpaired) electrons. The maximum absolute atomic E-state index is 14.0. The minimum absolute atomic E-state index is 0.0544. The van der Waals surface area contributed by atoms with E-state index in [0.717, 1.165) is 37.7 Å². The fourth-order valence-electron chi connectivity index (χ4n) is 7.43. The summed E-state index contributed by atoms with van der Waals surface area (Å²) in [4.78, 5) is 55.8. The van der Waals surface area contributed by atoms with Crippen molar-refractivity contribution < 1.29 is 33.8 Å². The molecule has 1 aliphatic heterocycles. The molecule has 1 saturated carbocycles. The number of rotatable bonds is 5. The quantitative estimate of drug-likeness (QED) is 0.278. The van der Waals surface area contributed by atoms with Gasteiger partial charge in [0.25, 0.3) is 0 Å². The number of ketones is 2. The molecule has 1 N–H and O–H groups in total. The number of hydrogen-bond acceptors (Lipinski definition) is 7. The summed E-state index contributed by atoms with van der Waals surface area (Å²) in [6, 6.07) is 3.25. The standard InChI is InChI=1S/C32H32BrNO7/c1-40-25-12-16(13-26(41-2)30(25)37)8-9-19-18-10-11-20-28(32(39)34(31(20)38)17-6-4-3-5-7-17)21(18)14-22-27(19)24(35)15-23(33)29(22)36/h8-10,12-13,15,17,19-21,28,37H,3-7,11,14H2,1-2H3. The normalized spacial score (nSPS) is 28.4. The van der Waals surface area contributed by atoms with Gasteiger partial charge in [-0.05, 0) is 65.2 Å². The number of carbonyl (C=O) groups is 4. The van der Waals surface area contributed by atoms with E-state index in [1.54, 1.807) is 23.1 Å². The van der Waals surface area contributed by atoms with E-state index in [-0.39, 0.29) is 63.5 Å². The number of nitrogens with zero attached hydrogens (tertiary/aromatic N) is 1. The second kappa shape index (κ2) is 10.7. The largest absolute Gasteiger partial charge is 0.502 e. The van der Waals surface area contributed by atoms with Gasteiger partial charge in [-0.3, -0.25) is 24.1 Å². The van der Waals surface area contributed by atoms with Crippen molar-refractivity contribution in [2.45, 2.75) is 51.0 Å². The minimum Gasteiger partial charge on any atom is -0.502 e. The van der Waals surface area contributed by atoms with Crippen LogP contribution in [0.1, 0.15) is 50.5 Å². The minimum atomic E-state index is -0.546. The molecule has 9 heteroatoms. The molecule has 8 nitrogen and oxygen atoms in total. The molecule has 1 aromatic carbocycles. The van der Waals surface area contributed by atoms with Crippen molar-refractivity contribution in [2.75, 3.05) is 14.2 Å². The number of carbonyl (C=O) groups excluding carboxylic acids is 4.